The van der Waals surface area contributed by atoms with Gasteiger partial charge in [-0.25, -0.2) is 4.98 Å². The molecule has 1 aromatic rings. The first-order valence-corrected chi connectivity index (χ1v) is 5.48. The van der Waals surface area contributed by atoms with Crippen molar-refractivity contribution in [2.45, 2.75) is 39.2 Å². The molecule has 14 heavy (non-hydrogen) atoms. The average Bonchev–Trinajstić information content (AvgIpc) is 2.43. The maximum absolute atomic E-state index is 5.47. The van der Waals surface area contributed by atoms with Crippen LogP contribution in [-0.2, 0) is 6.54 Å². The molecule has 1 fully saturated rings. The number of hydrogen-bond acceptors (Lipinski definition) is 3. The third-order valence-electron chi connectivity index (χ3n) is 2.75. The molecule has 0 aliphatic carbocycles. The molecule has 0 unspecified atom stereocenters. The summed E-state index contributed by atoms with van der Waals surface area (Å²) in [7, 11) is 0. The van der Waals surface area contributed by atoms with E-state index in [0.717, 1.165) is 18.2 Å². The minimum Gasteiger partial charge on any atom is -0.445 e. The van der Waals surface area contributed by atoms with E-state index in [1.807, 2.05) is 13.1 Å². The number of likely N-dealkylation sites (tertiary alicyclic amines) is 1. The second kappa shape index (κ2) is 4.60. The van der Waals surface area contributed by atoms with Crippen molar-refractivity contribution in [2.24, 2.45) is 0 Å². The first-order chi connectivity index (χ1) is 6.84. The molecule has 2 heterocycles. The Morgan fingerprint density at radius 3 is 2.57 bits per heavy atom. The van der Waals surface area contributed by atoms with Crippen LogP contribution in [0.1, 0.15) is 37.3 Å². The number of nitrogens with zero attached hydrogens (tertiary/aromatic N) is 2. The SMILES string of the molecule is Cc1ncc(CN2CCCCCC2)o1. The molecule has 0 atom stereocenters. The van der Waals surface area contributed by atoms with Crippen LogP contribution >= 0.6 is 0 Å². The Morgan fingerprint density at radius 1 is 1.29 bits per heavy atom. The summed E-state index contributed by atoms with van der Waals surface area (Å²) in [6.45, 7) is 5.24. The molecule has 0 N–H and O–H groups in total. The molecular weight excluding hydrogens is 176 g/mol. The smallest absolute Gasteiger partial charge is 0.191 e. The summed E-state index contributed by atoms with van der Waals surface area (Å²) in [6, 6.07) is 0. The van der Waals surface area contributed by atoms with Crippen molar-refractivity contribution in [2.75, 3.05) is 13.1 Å². The van der Waals surface area contributed by atoms with Gasteiger partial charge in [0.05, 0.1) is 12.7 Å². The molecule has 78 valence electrons. The lowest BCUT2D eigenvalue weighted by Crippen LogP contribution is -2.23. The molecule has 0 radical (unpaired) electrons. The lowest BCUT2D eigenvalue weighted by Gasteiger charge is -2.17. The van der Waals surface area contributed by atoms with Gasteiger partial charge in [0, 0.05) is 6.92 Å². The van der Waals surface area contributed by atoms with Crippen molar-refractivity contribution >= 4 is 0 Å². The Balaban J connectivity index is 1.89. The molecule has 1 aliphatic heterocycles. The van der Waals surface area contributed by atoms with Crippen LogP contribution in [0.3, 0.4) is 0 Å². The summed E-state index contributed by atoms with van der Waals surface area (Å²) in [6.07, 6.45) is 7.26. The molecule has 1 saturated heterocycles. The Kier molecular flexibility index (Phi) is 3.19. The van der Waals surface area contributed by atoms with E-state index in [1.54, 1.807) is 0 Å². The number of aromatic nitrogens is 1. The number of hydrogen-bond donors (Lipinski definition) is 0. The third kappa shape index (κ3) is 2.58. The second-order valence-corrected chi connectivity index (χ2v) is 4.04. The number of oxazole rings is 1. The Morgan fingerprint density at radius 2 is 2.00 bits per heavy atom. The molecular formula is C11H18N2O. The van der Waals surface area contributed by atoms with E-state index >= 15 is 0 Å². The van der Waals surface area contributed by atoms with Gasteiger partial charge in [-0.15, -0.1) is 0 Å². The van der Waals surface area contributed by atoms with Crippen molar-refractivity contribution in [3.63, 3.8) is 0 Å². The Hall–Kier alpha value is -0.830. The van der Waals surface area contributed by atoms with Gasteiger partial charge in [0.1, 0.15) is 5.76 Å². The van der Waals surface area contributed by atoms with Gasteiger partial charge in [-0.2, -0.15) is 0 Å². The summed E-state index contributed by atoms with van der Waals surface area (Å²) in [4.78, 5) is 6.58. The molecule has 0 bridgehead atoms. The highest BCUT2D eigenvalue weighted by molar-refractivity contribution is 4.92. The lowest BCUT2D eigenvalue weighted by atomic mass is 10.2. The monoisotopic (exact) mass is 194 g/mol. The third-order valence-corrected chi connectivity index (χ3v) is 2.75. The van der Waals surface area contributed by atoms with E-state index < -0.39 is 0 Å². The quantitative estimate of drug-likeness (QED) is 0.723. The van der Waals surface area contributed by atoms with E-state index in [4.69, 9.17) is 4.42 Å². The number of aryl methyl sites for hydroxylation is 1. The van der Waals surface area contributed by atoms with Gasteiger partial charge in [-0.05, 0) is 25.9 Å². The maximum Gasteiger partial charge on any atom is 0.191 e. The molecule has 0 amide bonds. The standard InChI is InChI=1S/C11H18N2O/c1-10-12-8-11(14-10)9-13-6-4-2-3-5-7-13/h8H,2-7,9H2,1H3. The molecule has 1 aliphatic rings. The van der Waals surface area contributed by atoms with Gasteiger partial charge in [0.15, 0.2) is 5.89 Å². The predicted molar refractivity (Wildman–Crippen MR) is 55.0 cm³/mol. The summed E-state index contributed by atoms with van der Waals surface area (Å²) >= 11 is 0. The molecule has 1 aromatic heterocycles. The fourth-order valence-corrected chi connectivity index (χ4v) is 1.99. The molecule has 3 heteroatoms. The zero-order valence-corrected chi connectivity index (χ0v) is 8.83. The molecule has 0 aromatic carbocycles. The van der Waals surface area contributed by atoms with E-state index in [-0.39, 0.29) is 0 Å². The minimum atomic E-state index is 0.773. The fourth-order valence-electron chi connectivity index (χ4n) is 1.99. The van der Waals surface area contributed by atoms with Crippen LogP contribution in [0.25, 0.3) is 0 Å². The van der Waals surface area contributed by atoms with Crippen molar-refractivity contribution in [1.82, 2.24) is 9.88 Å². The zero-order valence-electron chi connectivity index (χ0n) is 8.83. The van der Waals surface area contributed by atoms with Crippen LogP contribution in [0.4, 0.5) is 0 Å². The van der Waals surface area contributed by atoms with Gasteiger partial charge in [-0.1, -0.05) is 12.8 Å². The van der Waals surface area contributed by atoms with E-state index in [2.05, 4.69) is 9.88 Å². The van der Waals surface area contributed by atoms with Crippen LogP contribution in [-0.4, -0.2) is 23.0 Å². The lowest BCUT2D eigenvalue weighted by molar-refractivity contribution is 0.251. The first-order valence-electron chi connectivity index (χ1n) is 5.48. The molecule has 0 spiro atoms. The molecule has 3 nitrogen and oxygen atoms in total. The average molecular weight is 194 g/mol. The van der Waals surface area contributed by atoms with Gasteiger partial charge in [-0.3, -0.25) is 4.90 Å². The van der Waals surface area contributed by atoms with E-state index in [9.17, 15) is 0 Å². The normalized spacial score (nSPS) is 19.5. The van der Waals surface area contributed by atoms with Crippen LogP contribution in [0.2, 0.25) is 0 Å². The van der Waals surface area contributed by atoms with E-state index in [0.29, 0.717) is 0 Å². The second-order valence-electron chi connectivity index (χ2n) is 4.04. The Bertz CT molecular complexity index is 275. The van der Waals surface area contributed by atoms with Crippen LogP contribution in [0.5, 0.6) is 0 Å². The van der Waals surface area contributed by atoms with Crippen molar-refractivity contribution in [3.05, 3.63) is 17.8 Å². The maximum atomic E-state index is 5.47. The van der Waals surface area contributed by atoms with Crippen molar-refractivity contribution in [1.29, 1.82) is 0 Å². The summed E-state index contributed by atoms with van der Waals surface area (Å²) < 4.78 is 5.47. The minimum absolute atomic E-state index is 0.773. The molecule has 2 rings (SSSR count). The van der Waals surface area contributed by atoms with Crippen molar-refractivity contribution < 1.29 is 4.42 Å². The number of rotatable bonds is 2. The van der Waals surface area contributed by atoms with Crippen LogP contribution in [0, 0.1) is 6.92 Å². The van der Waals surface area contributed by atoms with Crippen LogP contribution in [0.15, 0.2) is 10.6 Å². The summed E-state index contributed by atoms with van der Waals surface area (Å²) in [5.41, 5.74) is 0. The summed E-state index contributed by atoms with van der Waals surface area (Å²) in [5, 5.41) is 0. The highest BCUT2D eigenvalue weighted by atomic mass is 16.4. The zero-order chi connectivity index (χ0) is 9.80. The van der Waals surface area contributed by atoms with Crippen molar-refractivity contribution in [3.8, 4) is 0 Å². The van der Waals surface area contributed by atoms with Gasteiger partial charge >= 0.3 is 0 Å². The van der Waals surface area contributed by atoms with Crippen LogP contribution < -0.4 is 0 Å². The highest BCUT2D eigenvalue weighted by Gasteiger charge is 2.11. The Labute approximate surface area is 85.1 Å². The highest BCUT2D eigenvalue weighted by Crippen LogP contribution is 2.13. The van der Waals surface area contributed by atoms with Gasteiger partial charge in [0.2, 0.25) is 0 Å². The fraction of sp³-hybridized carbons (Fsp3) is 0.727. The van der Waals surface area contributed by atoms with E-state index in [1.165, 1.54) is 38.8 Å². The first kappa shape index (κ1) is 9.71. The predicted octanol–water partition coefficient (Wildman–Crippen LogP) is 2.36. The van der Waals surface area contributed by atoms with Gasteiger partial charge < -0.3 is 4.42 Å². The summed E-state index contributed by atoms with van der Waals surface area (Å²) in [5.74, 6) is 1.78. The molecule has 0 saturated carbocycles. The van der Waals surface area contributed by atoms with Gasteiger partial charge in [0.25, 0.3) is 0 Å². The topological polar surface area (TPSA) is 29.3 Å². The largest absolute Gasteiger partial charge is 0.445 e.